The Morgan fingerprint density at radius 2 is 2.08 bits per heavy atom. The number of urea groups is 1. The summed E-state index contributed by atoms with van der Waals surface area (Å²) in [5, 5.41) is 5.64. The predicted octanol–water partition coefficient (Wildman–Crippen LogP) is 4.47. The monoisotopic (exact) mass is 517 g/mol. The van der Waals surface area contributed by atoms with Crippen LogP contribution in [0.15, 0.2) is 69.9 Å². The van der Waals surface area contributed by atoms with Gasteiger partial charge in [0.1, 0.15) is 11.9 Å². The van der Waals surface area contributed by atoms with Crippen molar-refractivity contribution in [2.45, 2.75) is 57.8 Å². The summed E-state index contributed by atoms with van der Waals surface area (Å²) in [6.45, 7) is 6.77. The summed E-state index contributed by atoms with van der Waals surface area (Å²) in [5.74, 6) is 0.619. The number of allylic oxidation sites excluding steroid dienone is 1. The first-order chi connectivity index (χ1) is 18.4. The molecule has 9 nitrogen and oxygen atoms in total. The molecule has 0 spiro atoms. The van der Waals surface area contributed by atoms with Gasteiger partial charge in [-0.15, -0.1) is 4.91 Å². The Bertz CT molecular complexity index is 1220. The molecule has 0 saturated carbocycles. The number of aliphatic imine (C=N–C) groups is 1. The molecule has 0 radical (unpaired) electrons. The Hall–Kier alpha value is -3.59. The van der Waals surface area contributed by atoms with Crippen molar-refractivity contribution >= 4 is 23.5 Å². The summed E-state index contributed by atoms with van der Waals surface area (Å²) < 4.78 is 6.26. The highest BCUT2D eigenvalue weighted by Crippen LogP contribution is 2.31. The molecule has 38 heavy (non-hydrogen) atoms. The van der Waals surface area contributed by atoms with E-state index in [0.717, 1.165) is 60.6 Å². The minimum atomic E-state index is -0.569. The van der Waals surface area contributed by atoms with Crippen LogP contribution in [0.25, 0.3) is 0 Å². The van der Waals surface area contributed by atoms with Gasteiger partial charge in [0.2, 0.25) is 0 Å². The smallest absolute Gasteiger partial charge is 0.322 e. The molecule has 4 aliphatic rings. The van der Waals surface area contributed by atoms with Crippen molar-refractivity contribution in [1.29, 1.82) is 0 Å². The average Bonchev–Trinajstić information content (AvgIpc) is 3.40. The lowest BCUT2D eigenvalue weighted by Crippen LogP contribution is -2.56. The average molecular weight is 518 g/mol. The summed E-state index contributed by atoms with van der Waals surface area (Å²) in [5.41, 5.74) is 4.19. The predicted molar refractivity (Wildman–Crippen MR) is 147 cm³/mol. The summed E-state index contributed by atoms with van der Waals surface area (Å²) >= 11 is 0. The van der Waals surface area contributed by atoms with Crippen molar-refractivity contribution in [2.24, 2.45) is 16.1 Å². The maximum absolute atomic E-state index is 13.3. The van der Waals surface area contributed by atoms with Crippen molar-refractivity contribution in [3.8, 4) is 0 Å². The van der Waals surface area contributed by atoms with Gasteiger partial charge in [-0.3, -0.25) is 9.79 Å². The minimum Gasteiger partial charge on any atom is -0.367 e. The second-order valence-corrected chi connectivity index (χ2v) is 10.4. The quantitative estimate of drug-likeness (QED) is 0.581. The number of benzene rings is 1. The number of para-hydroxylation sites is 1. The van der Waals surface area contributed by atoms with E-state index in [0.29, 0.717) is 13.1 Å². The second kappa shape index (κ2) is 11.4. The zero-order valence-corrected chi connectivity index (χ0v) is 22.0. The van der Waals surface area contributed by atoms with Crippen LogP contribution in [0.5, 0.6) is 0 Å². The lowest BCUT2D eigenvalue weighted by Gasteiger charge is -2.43. The molecule has 200 valence electrons. The number of dihydropyridines is 1. The number of nitroso groups, excluding NO2 is 1. The van der Waals surface area contributed by atoms with Gasteiger partial charge >= 0.3 is 6.03 Å². The maximum atomic E-state index is 13.3. The van der Waals surface area contributed by atoms with Gasteiger partial charge in [0.05, 0.1) is 18.7 Å². The van der Waals surface area contributed by atoms with Gasteiger partial charge in [-0.1, -0.05) is 43.4 Å². The highest BCUT2D eigenvalue weighted by molar-refractivity contribution is 5.91. The van der Waals surface area contributed by atoms with Crippen LogP contribution in [0.4, 0.5) is 10.5 Å². The summed E-state index contributed by atoms with van der Waals surface area (Å²) in [4.78, 5) is 44.0. The number of carbonyl (C=O) groups is 2. The van der Waals surface area contributed by atoms with Crippen LogP contribution in [-0.2, 0) is 16.0 Å². The van der Waals surface area contributed by atoms with Crippen LogP contribution in [0.2, 0.25) is 0 Å². The second-order valence-electron chi connectivity index (χ2n) is 10.4. The zero-order chi connectivity index (χ0) is 26.6. The van der Waals surface area contributed by atoms with Crippen molar-refractivity contribution in [2.75, 3.05) is 31.5 Å². The number of anilines is 1. The Balaban J connectivity index is 1.22. The van der Waals surface area contributed by atoms with Gasteiger partial charge in [0, 0.05) is 43.3 Å². The maximum Gasteiger partial charge on any atom is 0.322 e. The normalized spacial score (nSPS) is 26.7. The Labute approximate surface area is 223 Å². The van der Waals surface area contributed by atoms with E-state index in [-0.39, 0.29) is 36.6 Å². The van der Waals surface area contributed by atoms with Crippen molar-refractivity contribution in [3.05, 3.63) is 70.2 Å². The molecule has 1 aromatic carbocycles. The number of morpholine rings is 1. The molecule has 9 heteroatoms. The third-order valence-corrected chi connectivity index (χ3v) is 7.81. The number of nitrogens with one attached hydrogen (secondary N) is 1. The molecule has 5 rings (SSSR count). The molecule has 4 atom stereocenters. The molecule has 3 aliphatic heterocycles. The van der Waals surface area contributed by atoms with Gasteiger partial charge in [-0.2, -0.15) is 0 Å². The molecule has 0 aromatic heterocycles. The number of nitrogens with zero attached hydrogens (tertiary/aromatic N) is 4. The van der Waals surface area contributed by atoms with Crippen LogP contribution < -0.4 is 5.32 Å². The topological polar surface area (TPSA) is 104 Å². The number of fused-ring (bicyclic) bond motifs is 1. The van der Waals surface area contributed by atoms with E-state index in [9.17, 15) is 14.5 Å². The highest BCUT2D eigenvalue weighted by Gasteiger charge is 2.38. The fourth-order valence-electron chi connectivity index (χ4n) is 5.80. The van der Waals surface area contributed by atoms with E-state index >= 15 is 0 Å². The number of aryl methyl sites for hydroxylation is 1. The van der Waals surface area contributed by atoms with Crippen molar-refractivity contribution in [1.82, 2.24) is 9.80 Å². The van der Waals surface area contributed by atoms with E-state index < -0.39 is 5.91 Å². The standard InChI is InChI=1S/C29H35N5O4/c1-3-21-6-4-5-7-24(21)31-29(36)34-17-19(2)38-26-15-22(8-10-25(26)34)23-9-11-27(30-16-23)33-13-12-20(18-33)14-28(35)32-37/h4-10,15,19-20,25-26H,3,11-14,16-18H2,1-2H3,(H,31,36). The number of hydrogen-bond acceptors (Lipinski definition) is 6. The fraction of sp³-hybridized carbons (Fsp3) is 0.483. The number of amides is 3. The Kier molecular flexibility index (Phi) is 7.83. The minimum absolute atomic E-state index is 0.0817. The Morgan fingerprint density at radius 3 is 2.84 bits per heavy atom. The van der Waals surface area contributed by atoms with E-state index in [1.807, 2.05) is 36.1 Å². The molecule has 1 aromatic rings. The van der Waals surface area contributed by atoms with Gasteiger partial charge < -0.3 is 19.9 Å². The van der Waals surface area contributed by atoms with Crippen LogP contribution in [0, 0.1) is 10.8 Å². The lowest BCUT2D eigenvalue weighted by atomic mass is 9.91. The fourth-order valence-corrected chi connectivity index (χ4v) is 5.80. The first-order valence-corrected chi connectivity index (χ1v) is 13.5. The van der Waals surface area contributed by atoms with Gasteiger partial charge in [-0.25, -0.2) is 4.79 Å². The largest absolute Gasteiger partial charge is 0.367 e. The summed E-state index contributed by atoms with van der Waals surface area (Å²) in [6.07, 6.45) is 10.8. The number of rotatable bonds is 5. The highest BCUT2D eigenvalue weighted by atomic mass is 16.5. The summed E-state index contributed by atoms with van der Waals surface area (Å²) in [6, 6.07) is 7.63. The van der Waals surface area contributed by atoms with Gasteiger partial charge in [0.15, 0.2) is 0 Å². The summed E-state index contributed by atoms with van der Waals surface area (Å²) in [7, 11) is 0. The van der Waals surface area contributed by atoms with Crippen LogP contribution in [0.3, 0.4) is 0 Å². The molecule has 0 bridgehead atoms. The number of amidine groups is 1. The Morgan fingerprint density at radius 1 is 1.24 bits per heavy atom. The van der Waals surface area contributed by atoms with Gasteiger partial charge in [-0.05, 0) is 54.5 Å². The van der Waals surface area contributed by atoms with Crippen LogP contribution >= 0.6 is 0 Å². The first kappa shape index (κ1) is 26.0. The van der Waals surface area contributed by atoms with Crippen LogP contribution in [-0.4, -0.2) is 72.0 Å². The third-order valence-electron chi connectivity index (χ3n) is 7.81. The molecule has 1 N–H and O–H groups in total. The van der Waals surface area contributed by atoms with Gasteiger partial charge in [0.25, 0.3) is 5.91 Å². The van der Waals surface area contributed by atoms with Crippen molar-refractivity contribution in [3.63, 3.8) is 0 Å². The molecule has 2 saturated heterocycles. The third kappa shape index (κ3) is 5.62. The zero-order valence-electron chi connectivity index (χ0n) is 22.0. The molecule has 2 fully saturated rings. The molecule has 3 amide bonds. The van der Waals surface area contributed by atoms with E-state index in [1.54, 1.807) is 0 Å². The van der Waals surface area contributed by atoms with Crippen molar-refractivity contribution < 1.29 is 14.3 Å². The molecular weight excluding hydrogens is 482 g/mol. The molecular formula is C29H35N5O4. The van der Waals surface area contributed by atoms with E-state index in [2.05, 4.69) is 46.6 Å². The molecule has 4 unspecified atom stereocenters. The molecule has 1 aliphatic carbocycles. The number of likely N-dealkylation sites (tertiary alicyclic amines) is 1. The first-order valence-electron chi connectivity index (χ1n) is 13.5. The number of ether oxygens (including phenoxy) is 1. The van der Waals surface area contributed by atoms with Crippen LogP contribution in [0.1, 0.15) is 38.7 Å². The molecule has 3 heterocycles. The number of carbonyl (C=O) groups excluding carboxylic acids is 2. The van der Waals surface area contributed by atoms with E-state index in [1.165, 1.54) is 0 Å². The van der Waals surface area contributed by atoms with E-state index in [4.69, 9.17) is 9.73 Å². The lowest BCUT2D eigenvalue weighted by molar-refractivity contribution is -0.118. The SMILES string of the molecule is CCc1ccccc1NC(=O)N1CC(C)OC2C=C(C3=CCC(N4CCC(CC(=O)N=O)C4)=NC3)C=CC21. The number of hydrogen-bond donors (Lipinski definition) is 1.